The number of benzene rings is 2. The van der Waals surface area contributed by atoms with Crippen LogP contribution >= 0.6 is 0 Å². The highest BCUT2D eigenvalue weighted by atomic mass is 32.2. The minimum Gasteiger partial charge on any atom is -0.312 e. The molecule has 1 saturated heterocycles. The fraction of sp³-hybridized carbons (Fsp3) is 0.435. The van der Waals surface area contributed by atoms with Gasteiger partial charge in [-0.2, -0.15) is 4.31 Å². The molecular formula is C23H28N2O3S. The van der Waals surface area contributed by atoms with E-state index >= 15 is 0 Å². The molecule has 0 spiro atoms. The maximum absolute atomic E-state index is 13.3. The van der Waals surface area contributed by atoms with E-state index in [2.05, 4.69) is 6.07 Å². The van der Waals surface area contributed by atoms with Gasteiger partial charge in [-0.25, -0.2) is 8.42 Å². The first kappa shape index (κ1) is 20.1. The van der Waals surface area contributed by atoms with E-state index in [1.807, 2.05) is 42.2 Å². The summed E-state index contributed by atoms with van der Waals surface area (Å²) in [4.78, 5) is 15.6. The number of anilines is 1. The Balaban J connectivity index is 1.46. The fourth-order valence-corrected chi connectivity index (χ4v) is 5.81. The molecule has 0 saturated carbocycles. The predicted octanol–water partition coefficient (Wildman–Crippen LogP) is 3.77. The molecule has 2 heterocycles. The summed E-state index contributed by atoms with van der Waals surface area (Å²) in [6.45, 7) is 3.47. The molecule has 154 valence electrons. The molecule has 2 aromatic carbocycles. The van der Waals surface area contributed by atoms with Crippen molar-refractivity contribution in [2.24, 2.45) is 5.92 Å². The zero-order valence-corrected chi connectivity index (χ0v) is 17.7. The lowest BCUT2D eigenvalue weighted by molar-refractivity contribution is -0.123. The second-order valence-electron chi connectivity index (χ2n) is 8.07. The van der Waals surface area contributed by atoms with Gasteiger partial charge in [0.2, 0.25) is 15.9 Å². The first-order valence-corrected chi connectivity index (χ1v) is 11.9. The molecule has 4 rings (SSSR count). The van der Waals surface area contributed by atoms with Gasteiger partial charge in [-0.15, -0.1) is 0 Å². The van der Waals surface area contributed by atoms with Crippen molar-refractivity contribution < 1.29 is 13.2 Å². The van der Waals surface area contributed by atoms with E-state index in [4.69, 9.17) is 0 Å². The predicted molar refractivity (Wildman–Crippen MR) is 114 cm³/mol. The highest BCUT2D eigenvalue weighted by Crippen LogP contribution is 2.31. The molecule has 29 heavy (non-hydrogen) atoms. The monoisotopic (exact) mass is 412 g/mol. The van der Waals surface area contributed by atoms with E-state index in [0.29, 0.717) is 30.8 Å². The first-order chi connectivity index (χ1) is 14.0. The molecular weight excluding hydrogens is 384 g/mol. The number of hydrogen-bond acceptors (Lipinski definition) is 3. The summed E-state index contributed by atoms with van der Waals surface area (Å²) in [6.07, 6.45) is 4.24. The Morgan fingerprint density at radius 2 is 1.62 bits per heavy atom. The van der Waals surface area contributed by atoms with E-state index in [0.717, 1.165) is 37.1 Å². The van der Waals surface area contributed by atoms with Crippen LogP contribution < -0.4 is 4.90 Å². The Morgan fingerprint density at radius 3 is 2.34 bits per heavy atom. The fourth-order valence-electron chi connectivity index (χ4n) is 4.34. The van der Waals surface area contributed by atoms with Crippen molar-refractivity contribution in [2.75, 3.05) is 24.5 Å². The normalized spacial score (nSPS) is 18.9. The molecule has 0 unspecified atom stereocenters. The summed E-state index contributed by atoms with van der Waals surface area (Å²) in [6, 6.07) is 15.1. The van der Waals surface area contributed by atoms with Gasteiger partial charge in [-0.05, 0) is 62.8 Å². The van der Waals surface area contributed by atoms with Gasteiger partial charge in [-0.1, -0.05) is 35.9 Å². The summed E-state index contributed by atoms with van der Waals surface area (Å²) >= 11 is 0. The first-order valence-electron chi connectivity index (χ1n) is 10.4. The van der Waals surface area contributed by atoms with Crippen molar-refractivity contribution in [3.63, 3.8) is 0 Å². The van der Waals surface area contributed by atoms with E-state index in [9.17, 15) is 13.2 Å². The van der Waals surface area contributed by atoms with Crippen molar-refractivity contribution in [1.82, 2.24) is 4.31 Å². The average molecular weight is 413 g/mol. The lowest BCUT2D eigenvalue weighted by atomic mass is 9.96. The van der Waals surface area contributed by atoms with E-state index in [-0.39, 0.29) is 11.8 Å². The van der Waals surface area contributed by atoms with Crippen LogP contribution in [0.5, 0.6) is 0 Å². The van der Waals surface area contributed by atoms with Crippen molar-refractivity contribution in [3.8, 4) is 0 Å². The second kappa shape index (κ2) is 8.28. The van der Waals surface area contributed by atoms with Crippen LogP contribution in [0.15, 0.2) is 53.4 Å². The molecule has 0 aliphatic carbocycles. The number of nitrogens with zero attached hydrogens (tertiary/aromatic N) is 2. The van der Waals surface area contributed by atoms with Gasteiger partial charge in [0.15, 0.2) is 0 Å². The Hall–Kier alpha value is -2.18. The minimum absolute atomic E-state index is 0.120. The van der Waals surface area contributed by atoms with Crippen molar-refractivity contribution >= 4 is 21.6 Å². The minimum atomic E-state index is -3.50. The number of aryl methyl sites for hydroxylation is 2. The molecule has 0 bridgehead atoms. The maximum Gasteiger partial charge on any atom is 0.243 e. The number of sulfonamides is 1. The van der Waals surface area contributed by atoms with Gasteiger partial charge >= 0.3 is 0 Å². The van der Waals surface area contributed by atoms with Crippen LogP contribution in [0.2, 0.25) is 0 Å². The molecule has 6 heteroatoms. The Morgan fingerprint density at radius 1 is 0.931 bits per heavy atom. The van der Waals surface area contributed by atoms with Crippen LogP contribution in [-0.2, 0) is 21.2 Å². The van der Waals surface area contributed by atoms with Gasteiger partial charge in [0.1, 0.15) is 0 Å². The molecule has 2 aliphatic rings. The van der Waals surface area contributed by atoms with Gasteiger partial charge in [0.25, 0.3) is 0 Å². The van der Waals surface area contributed by atoms with Gasteiger partial charge in [0, 0.05) is 31.2 Å². The van der Waals surface area contributed by atoms with Crippen molar-refractivity contribution in [1.29, 1.82) is 0 Å². The number of fused-ring (bicyclic) bond motifs is 1. The standard InChI is InChI=1S/C23H28N2O3S/c1-18-9-11-21(12-10-18)29(27,28)24-16-13-20(14-17-24)23(26)25-15-5-4-7-19-6-2-3-8-22(19)25/h2-3,6,8-12,20H,4-5,7,13-17H2,1H3. The topological polar surface area (TPSA) is 57.7 Å². The van der Waals surface area contributed by atoms with Gasteiger partial charge in [0.05, 0.1) is 4.90 Å². The third-order valence-corrected chi connectivity index (χ3v) is 8.00. The van der Waals surface area contributed by atoms with Gasteiger partial charge in [-0.3, -0.25) is 4.79 Å². The van der Waals surface area contributed by atoms with E-state index in [1.165, 1.54) is 9.87 Å². The summed E-state index contributed by atoms with van der Waals surface area (Å²) < 4.78 is 27.4. The zero-order chi connectivity index (χ0) is 20.4. The molecule has 1 fully saturated rings. The Kier molecular flexibility index (Phi) is 5.74. The van der Waals surface area contributed by atoms with Crippen LogP contribution in [0.3, 0.4) is 0 Å². The Bertz CT molecular complexity index is 977. The number of piperidine rings is 1. The molecule has 0 atom stereocenters. The van der Waals surface area contributed by atoms with Crippen LogP contribution in [0.1, 0.15) is 36.8 Å². The number of carbonyl (C=O) groups excluding carboxylic acids is 1. The number of rotatable bonds is 3. The number of amides is 1. The molecule has 0 radical (unpaired) electrons. The SMILES string of the molecule is Cc1ccc(S(=O)(=O)N2CCC(C(=O)N3CCCCc4ccccc43)CC2)cc1. The zero-order valence-electron chi connectivity index (χ0n) is 16.9. The second-order valence-corrected chi connectivity index (χ2v) is 10.0. The lowest BCUT2D eigenvalue weighted by Gasteiger charge is -2.34. The smallest absolute Gasteiger partial charge is 0.243 e. The summed E-state index contributed by atoms with van der Waals surface area (Å²) in [7, 11) is -3.50. The van der Waals surface area contributed by atoms with Crippen molar-refractivity contribution in [2.45, 2.75) is 43.9 Å². The highest BCUT2D eigenvalue weighted by molar-refractivity contribution is 7.89. The van der Waals surface area contributed by atoms with Crippen LogP contribution in [0.25, 0.3) is 0 Å². The summed E-state index contributed by atoms with van der Waals surface area (Å²) in [5.74, 6) is 0.0253. The molecule has 0 N–H and O–H groups in total. The third-order valence-electron chi connectivity index (χ3n) is 6.09. The van der Waals surface area contributed by atoms with Crippen LogP contribution in [-0.4, -0.2) is 38.3 Å². The lowest BCUT2D eigenvalue weighted by Crippen LogP contribution is -2.44. The molecule has 0 aromatic heterocycles. The summed E-state index contributed by atoms with van der Waals surface area (Å²) in [5, 5.41) is 0. The average Bonchev–Trinajstić information content (AvgIpc) is 2.96. The van der Waals surface area contributed by atoms with E-state index in [1.54, 1.807) is 12.1 Å². The van der Waals surface area contributed by atoms with Crippen LogP contribution in [0.4, 0.5) is 5.69 Å². The molecule has 2 aromatic rings. The van der Waals surface area contributed by atoms with Crippen molar-refractivity contribution in [3.05, 3.63) is 59.7 Å². The van der Waals surface area contributed by atoms with Gasteiger partial charge < -0.3 is 4.90 Å². The largest absolute Gasteiger partial charge is 0.312 e. The van der Waals surface area contributed by atoms with Crippen LogP contribution in [0, 0.1) is 12.8 Å². The number of carbonyl (C=O) groups is 1. The number of hydrogen-bond donors (Lipinski definition) is 0. The molecule has 1 amide bonds. The molecule has 2 aliphatic heterocycles. The number of para-hydroxylation sites is 1. The molecule has 5 nitrogen and oxygen atoms in total. The maximum atomic E-state index is 13.3. The Labute approximate surface area is 173 Å². The third kappa shape index (κ3) is 4.09. The van der Waals surface area contributed by atoms with E-state index < -0.39 is 10.0 Å². The highest BCUT2D eigenvalue weighted by Gasteiger charge is 2.34. The quantitative estimate of drug-likeness (QED) is 0.771. The summed E-state index contributed by atoms with van der Waals surface area (Å²) in [5.41, 5.74) is 3.30.